The van der Waals surface area contributed by atoms with Crippen molar-refractivity contribution in [3.05, 3.63) is 22.8 Å². The molecule has 176 valence electrons. The molecule has 0 unspecified atom stereocenters. The average Bonchev–Trinajstić information content (AvgIpc) is 3.04. The van der Waals surface area contributed by atoms with Gasteiger partial charge in [0.1, 0.15) is 0 Å². The van der Waals surface area contributed by atoms with Crippen molar-refractivity contribution in [1.82, 2.24) is 0 Å². The van der Waals surface area contributed by atoms with E-state index in [-0.39, 0.29) is 33.3 Å². The van der Waals surface area contributed by atoms with Crippen LogP contribution in [0, 0.1) is 39.4 Å². The average molecular weight is 433 g/mol. The Morgan fingerprint density at radius 1 is 1.03 bits per heavy atom. The topological polar surface area (TPSA) is 20.2 Å². The van der Waals surface area contributed by atoms with E-state index >= 15 is 0 Å². The number of aliphatic hydroxyl groups excluding tert-OH is 1. The lowest BCUT2D eigenvalue weighted by atomic mass is 9.43. The second-order valence-corrected chi connectivity index (χ2v) is 12.9. The van der Waals surface area contributed by atoms with Gasteiger partial charge in [-0.05, 0) is 117 Å². The minimum atomic E-state index is -2.57. The van der Waals surface area contributed by atoms with Gasteiger partial charge < -0.3 is 5.11 Å². The fourth-order valence-corrected chi connectivity index (χ4v) is 9.32. The Kier molecular flexibility index (Phi) is 4.24. The van der Waals surface area contributed by atoms with Gasteiger partial charge >= 0.3 is 0 Å². The lowest BCUT2D eigenvalue weighted by Gasteiger charge is -2.62. The third-order valence-corrected chi connectivity index (χ3v) is 11.5. The summed E-state index contributed by atoms with van der Waals surface area (Å²) in [6.07, 6.45) is 11.6. The van der Waals surface area contributed by atoms with E-state index in [9.17, 15) is 5.11 Å². The van der Waals surface area contributed by atoms with Crippen molar-refractivity contribution >= 4 is 0 Å². The minimum Gasteiger partial charge on any atom is -0.393 e. The number of hydrogen-bond acceptors (Lipinski definition) is 1. The molecular weight excluding hydrogens is 376 g/mol. The third-order valence-electron chi connectivity index (χ3n) is 11.5. The molecule has 0 bridgehead atoms. The van der Waals surface area contributed by atoms with Gasteiger partial charge in [0.05, 0.1) is 6.10 Å². The van der Waals surface area contributed by atoms with Crippen LogP contribution >= 0.6 is 0 Å². The first-order valence-corrected chi connectivity index (χ1v) is 12.9. The Balaban J connectivity index is 1.57. The van der Waals surface area contributed by atoms with Gasteiger partial charge in [0.25, 0.3) is 0 Å². The lowest BCUT2D eigenvalue weighted by molar-refractivity contribution is -0.0962. The maximum Gasteiger partial charge on any atom is 0.0594 e. The van der Waals surface area contributed by atoms with E-state index in [1.54, 1.807) is 11.1 Å². The predicted octanol–water partition coefficient (Wildman–Crippen LogP) is 8.48. The van der Waals surface area contributed by atoms with Crippen molar-refractivity contribution < 1.29 is 13.3 Å². The van der Waals surface area contributed by atoms with Crippen molar-refractivity contribution in [2.45, 2.75) is 126 Å². The van der Waals surface area contributed by atoms with Crippen molar-refractivity contribution in [2.75, 3.05) is 0 Å². The molecule has 2 fully saturated rings. The summed E-state index contributed by atoms with van der Waals surface area (Å²) < 4.78 is 46.0. The van der Waals surface area contributed by atoms with E-state index in [0.717, 1.165) is 32.1 Å². The first-order valence-electron chi connectivity index (χ1n) is 15.9. The largest absolute Gasteiger partial charge is 0.393 e. The molecule has 0 radical (unpaired) electrons. The Labute approximate surface area is 201 Å². The summed E-state index contributed by atoms with van der Waals surface area (Å²) >= 11 is 0. The molecule has 1 nitrogen and oxygen atoms in total. The molecule has 4 aliphatic rings. The van der Waals surface area contributed by atoms with E-state index in [1.165, 1.54) is 31.8 Å². The summed E-state index contributed by atoms with van der Waals surface area (Å²) in [5.41, 5.74) is 3.61. The normalized spacial score (nSPS) is 48.5. The second-order valence-electron chi connectivity index (χ2n) is 12.9. The molecule has 0 spiro atoms. The van der Waals surface area contributed by atoms with Crippen LogP contribution in [0.2, 0.25) is 0 Å². The van der Waals surface area contributed by atoms with Crippen molar-refractivity contribution in [1.29, 1.82) is 0 Å². The van der Waals surface area contributed by atoms with Crippen LogP contribution in [0.15, 0.2) is 22.8 Å². The Morgan fingerprint density at radius 2 is 1.77 bits per heavy atom. The van der Waals surface area contributed by atoms with Gasteiger partial charge in [0.15, 0.2) is 0 Å². The summed E-state index contributed by atoms with van der Waals surface area (Å²) in [6, 6.07) is 0. The zero-order valence-electron chi connectivity index (χ0n) is 26.9. The summed E-state index contributed by atoms with van der Waals surface area (Å²) in [7, 11) is 0. The van der Waals surface area contributed by atoms with Crippen LogP contribution in [0.5, 0.6) is 0 Å². The highest BCUT2D eigenvalue weighted by Gasteiger charge is 2.63. The number of fused-ring (bicyclic) bond motifs is 4. The Bertz CT molecular complexity index is 942. The van der Waals surface area contributed by atoms with Crippen LogP contribution in [0.4, 0.5) is 0 Å². The van der Waals surface area contributed by atoms with Crippen LogP contribution in [-0.2, 0) is 0 Å². The Morgan fingerprint density at radius 3 is 2.48 bits per heavy atom. The first kappa shape index (κ1) is 17.0. The molecule has 7 atom stereocenters. The lowest BCUT2D eigenvalue weighted by Crippen LogP contribution is -2.55. The number of rotatable bonds is 4. The van der Waals surface area contributed by atoms with Crippen molar-refractivity contribution in [3.8, 4) is 0 Å². The zero-order chi connectivity index (χ0) is 27.8. The van der Waals surface area contributed by atoms with Crippen LogP contribution in [0.1, 0.15) is 128 Å². The molecule has 0 aromatic rings. The molecule has 31 heavy (non-hydrogen) atoms. The molecule has 4 aliphatic carbocycles. The highest BCUT2D eigenvalue weighted by molar-refractivity contribution is 5.38. The maximum absolute atomic E-state index is 10.8. The van der Waals surface area contributed by atoms with Gasteiger partial charge in [-0.15, -0.1) is 0 Å². The molecule has 0 aliphatic heterocycles. The quantitative estimate of drug-likeness (QED) is 0.441. The fourth-order valence-electron chi connectivity index (χ4n) is 9.32. The van der Waals surface area contributed by atoms with E-state index in [1.807, 2.05) is 0 Å². The van der Waals surface area contributed by atoms with E-state index in [4.69, 9.17) is 8.22 Å². The van der Waals surface area contributed by atoms with Gasteiger partial charge in [-0.3, -0.25) is 0 Å². The summed E-state index contributed by atoms with van der Waals surface area (Å²) in [6.45, 7) is 9.27. The SMILES string of the molecule is [2H]C([2H])([2H])C(=CCC[C@@H](C)[C@H]1CC[C@@]2(C)C3=C(CC[C@]12C)[C@@]1(C)CC[C@H](O)C(C)(C)[C@@H]1CC3)C([2H])([2H])[2H]. The van der Waals surface area contributed by atoms with E-state index in [0.29, 0.717) is 24.2 Å². The van der Waals surface area contributed by atoms with Crippen LogP contribution in [-0.4, -0.2) is 11.2 Å². The van der Waals surface area contributed by atoms with Crippen LogP contribution in [0.25, 0.3) is 0 Å². The number of aliphatic hydroxyl groups is 1. The molecule has 0 saturated heterocycles. The summed E-state index contributed by atoms with van der Waals surface area (Å²) in [4.78, 5) is 0. The molecule has 0 heterocycles. The molecule has 1 heteroatoms. The highest BCUT2D eigenvalue weighted by Crippen LogP contribution is 2.72. The summed E-state index contributed by atoms with van der Waals surface area (Å²) in [5.74, 6) is 1.50. The number of hydrogen-bond donors (Lipinski definition) is 1. The van der Waals surface area contributed by atoms with Gasteiger partial charge in [0.2, 0.25) is 0 Å². The highest BCUT2D eigenvalue weighted by atomic mass is 16.3. The van der Waals surface area contributed by atoms with Crippen molar-refractivity contribution in [2.24, 2.45) is 39.4 Å². The van der Waals surface area contributed by atoms with E-state index in [2.05, 4.69) is 41.5 Å². The van der Waals surface area contributed by atoms with Crippen LogP contribution < -0.4 is 0 Å². The standard InChI is InChI=1S/C30H50O/c1-20(2)10-9-11-21(3)22-14-18-30(8)24-12-13-25-27(4,5)26(31)16-17-28(25,6)23(24)15-19-29(22,30)7/h10,21-22,25-26,31H,9,11-19H2,1-8H3/t21-,22-,25+,26+,28-,29-,30+/m1/s1/i1D3,2D3. The van der Waals surface area contributed by atoms with Gasteiger partial charge in [0, 0.05) is 8.22 Å². The second kappa shape index (κ2) is 7.75. The smallest absolute Gasteiger partial charge is 0.0594 e. The molecule has 0 amide bonds. The van der Waals surface area contributed by atoms with Gasteiger partial charge in [-0.25, -0.2) is 0 Å². The molecular formula is C30H50O. The molecule has 4 rings (SSSR count). The molecule has 0 aromatic heterocycles. The fraction of sp³-hybridized carbons (Fsp3) is 0.867. The van der Waals surface area contributed by atoms with E-state index < -0.39 is 13.7 Å². The van der Waals surface area contributed by atoms with Gasteiger partial charge in [-0.1, -0.05) is 64.3 Å². The molecule has 2 saturated carbocycles. The minimum absolute atomic E-state index is 0.0459. The first-order chi connectivity index (χ1) is 16.8. The van der Waals surface area contributed by atoms with Crippen molar-refractivity contribution in [3.63, 3.8) is 0 Å². The monoisotopic (exact) mass is 432 g/mol. The number of allylic oxidation sites excluding steroid dienone is 4. The third kappa shape index (κ3) is 3.34. The molecule has 0 aromatic carbocycles. The Hall–Kier alpha value is -0.560. The zero-order valence-corrected chi connectivity index (χ0v) is 20.9. The maximum atomic E-state index is 10.8. The van der Waals surface area contributed by atoms with Gasteiger partial charge in [-0.2, -0.15) is 0 Å². The summed E-state index contributed by atoms with van der Waals surface area (Å²) in [5, 5.41) is 10.8. The van der Waals surface area contributed by atoms with Crippen LogP contribution in [0.3, 0.4) is 0 Å². The molecule has 1 N–H and O–H groups in total. The predicted molar refractivity (Wildman–Crippen MR) is 133 cm³/mol.